The van der Waals surface area contributed by atoms with Gasteiger partial charge in [-0.15, -0.1) is 12.6 Å². The molecule has 0 fully saturated rings. The fraction of sp³-hybridized carbons (Fsp3) is 0.300. The number of thiol groups is 1. The van der Waals surface area contributed by atoms with Gasteiger partial charge in [0.15, 0.2) is 0 Å². The van der Waals surface area contributed by atoms with Gasteiger partial charge in [-0.1, -0.05) is 19.1 Å². The van der Waals surface area contributed by atoms with E-state index in [4.69, 9.17) is 5.11 Å². The molecule has 1 aromatic carbocycles. The molecule has 0 heterocycles. The van der Waals surface area contributed by atoms with E-state index in [2.05, 4.69) is 12.6 Å². The van der Waals surface area contributed by atoms with Crippen molar-refractivity contribution in [3.05, 3.63) is 29.8 Å². The molecule has 0 aromatic heterocycles. The van der Waals surface area contributed by atoms with Gasteiger partial charge in [0.05, 0.1) is 5.92 Å². The van der Waals surface area contributed by atoms with Crippen LogP contribution < -0.4 is 0 Å². The van der Waals surface area contributed by atoms with Gasteiger partial charge in [0.1, 0.15) is 0 Å². The van der Waals surface area contributed by atoms with Gasteiger partial charge in [0.2, 0.25) is 0 Å². The number of carbonyl (C=O) groups is 1. The predicted molar refractivity (Wildman–Crippen MR) is 54.2 cm³/mol. The number of hydrogen-bond acceptors (Lipinski definition) is 2. The van der Waals surface area contributed by atoms with Crippen LogP contribution in [0.15, 0.2) is 29.2 Å². The minimum Gasteiger partial charge on any atom is -0.481 e. The van der Waals surface area contributed by atoms with Gasteiger partial charge in [-0.05, 0) is 24.1 Å². The molecule has 1 rings (SSSR count). The van der Waals surface area contributed by atoms with Gasteiger partial charge >= 0.3 is 5.97 Å². The lowest BCUT2D eigenvalue weighted by Gasteiger charge is -2.05. The summed E-state index contributed by atoms with van der Waals surface area (Å²) in [6, 6.07) is 7.55. The molecule has 2 nitrogen and oxygen atoms in total. The Morgan fingerprint density at radius 2 is 2.00 bits per heavy atom. The van der Waals surface area contributed by atoms with E-state index < -0.39 is 5.97 Å². The van der Waals surface area contributed by atoms with Crippen LogP contribution in [-0.4, -0.2) is 11.1 Å². The molecule has 0 radical (unpaired) electrons. The topological polar surface area (TPSA) is 37.3 Å². The third-order valence-corrected chi connectivity index (χ3v) is 2.20. The monoisotopic (exact) mass is 196 g/mol. The first kappa shape index (κ1) is 10.1. The highest BCUT2D eigenvalue weighted by Crippen LogP contribution is 2.12. The molecule has 3 heteroatoms. The minimum atomic E-state index is -0.755. The second kappa shape index (κ2) is 4.33. The summed E-state index contributed by atoms with van der Waals surface area (Å²) in [4.78, 5) is 11.5. The lowest BCUT2D eigenvalue weighted by Crippen LogP contribution is -2.11. The lowest BCUT2D eigenvalue weighted by molar-refractivity contribution is -0.141. The fourth-order valence-electron chi connectivity index (χ4n) is 1.07. The zero-order chi connectivity index (χ0) is 9.84. The van der Waals surface area contributed by atoms with Crippen LogP contribution >= 0.6 is 12.6 Å². The summed E-state index contributed by atoms with van der Waals surface area (Å²) in [6.45, 7) is 1.71. The summed E-state index contributed by atoms with van der Waals surface area (Å²) in [5.41, 5.74) is 1.03. The van der Waals surface area contributed by atoms with E-state index in [0.29, 0.717) is 6.42 Å². The first-order valence-electron chi connectivity index (χ1n) is 4.10. The average Bonchev–Trinajstić information content (AvgIpc) is 2.08. The van der Waals surface area contributed by atoms with E-state index in [1.165, 1.54) is 0 Å². The Labute approximate surface area is 83.0 Å². The summed E-state index contributed by atoms with van der Waals surface area (Å²) < 4.78 is 0. The Morgan fingerprint density at radius 1 is 1.46 bits per heavy atom. The van der Waals surface area contributed by atoms with Crippen molar-refractivity contribution in [2.45, 2.75) is 18.2 Å². The predicted octanol–water partition coefficient (Wildman–Crippen LogP) is 2.24. The molecule has 13 heavy (non-hydrogen) atoms. The smallest absolute Gasteiger partial charge is 0.306 e. The van der Waals surface area contributed by atoms with E-state index in [-0.39, 0.29) is 5.92 Å². The van der Waals surface area contributed by atoms with Crippen LogP contribution in [-0.2, 0) is 11.2 Å². The number of benzene rings is 1. The van der Waals surface area contributed by atoms with Crippen LogP contribution in [0.3, 0.4) is 0 Å². The maximum atomic E-state index is 10.6. The van der Waals surface area contributed by atoms with Crippen LogP contribution in [0.5, 0.6) is 0 Å². The molecule has 0 saturated carbocycles. The Balaban J connectivity index is 2.64. The van der Waals surface area contributed by atoms with E-state index >= 15 is 0 Å². The van der Waals surface area contributed by atoms with Gasteiger partial charge in [-0.3, -0.25) is 4.79 Å². The normalized spacial score (nSPS) is 12.5. The number of rotatable bonds is 3. The van der Waals surface area contributed by atoms with E-state index in [0.717, 1.165) is 10.5 Å². The van der Waals surface area contributed by atoms with Crippen molar-refractivity contribution in [3.8, 4) is 0 Å². The van der Waals surface area contributed by atoms with Gasteiger partial charge in [-0.2, -0.15) is 0 Å². The number of aliphatic carboxylic acids is 1. The molecule has 0 aliphatic rings. The summed E-state index contributed by atoms with van der Waals surface area (Å²) in [7, 11) is 0. The Bertz CT molecular complexity index is 292. The highest BCUT2D eigenvalue weighted by atomic mass is 32.1. The largest absolute Gasteiger partial charge is 0.481 e. The summed E-state index contributed by atoms with van der Waals surface area (Å²) in [5.74, 6) is -1.08. The number of carboxylic acid groups (broad SMARTS) is 1. The third kappa shape index (κ3) is 3.11. The molecule has 0 spiro atoms. The zero-order valence-electron chi connectivity index (χ0n) is 7.40. The molecule has 0 aliphatic carbocycles. The van der Waals surface area contributed by atoms with Crippen molar-refractivity contribution < 1.29 is 9.90 Å². The number of hydrogen-bond donors (Lipinski definition) is 2. The van der Waals surface area contributed by atoms with E-state index in [1.807, 2.05) is 24.3 Å². The molecule has 1 unspecified atom stereocenters. The van der Waals surface area contributed by atoms with Gasteiger partial charge < -0.3 is 5.11 Å². The average molecular weight is 196 g/mol. The van der Waals surface area contributed by atoms with Crippen molar-refractivity contribution in [1.82, 2.24) is 0 Å². The third-order valence-electron chi connectivity index (χ3n) is 1.90. The molecule has 0 bridgehead atoms. The van der Waals surface area contributed by atoms with Crippen molar-refractivity contribution >= 4 is 18.6 Å². The summed E-state index contributed by atoms with van der Waals surface area (Å²) in [5, 5.41) is 8.68. The van der Waals surface area contributed by atoms with Gasteiger partial charge in [0.25, 0.3) is 0 Å². The molecule has 1 N–H and O–H groups in total. The van der Waals surface area contributed by atoms with Crippen LogP contribution in [0.2, 0.25) is 0 Å². The molecule has 0 saturated heterocycles. The molecule has 1 atom stereocenters. The van der Waals surface area contributed by atoms with E-state index in [9.17, 15) is 4.79 Å². The first-order chi connectivity index (χ1) is 6.09. The Hall–Kier alpha value is -0.960. The van der Waals surface area contributed by atoms with Crippen molar-refractivity contribution in [3.63, 3.8) is 0 Å². The van der Waals surface area contributed by atoms with Crippen molar-refractivity contribution in [1.29, 1.82) is 0 Å². The SMILES string of the molecule is CC(Cc1ccc(S)cc1)C(=O)O. The van der Waals surface area contributed by atoms with Crippen molar-refractivity contribution in [2.75, 3.05) is 0 Å². The molecule has 0 amide bonds. The fourth-order valence-corrected chi connectivity index (χ4v) is 1.22. The highest BCUT2D eigenvalue weighted by Gasteiger charge is 2.10. The first-order valence-corrected chi connectivity index (χ1v) is 4.55. The minimum absolute atomic E-state index is 0.328. The molecule has 1 aromatic rings. The Kier molecular flexibility index (Phi) is 3.37. The van der Waals surface area contributed by atoms with Gasteiger partial charge in [-0.25, -0.2) is 0 Å². The number of carboxylic acids is 1. The van der Waals surface area contributed by atoms with E-state index in [1.54, 1.807) is 6.92 Å². The quantitative estimate of drug-likeness (QED) is 0.727. The maximum absolute atomic E-state index is 10.6. The highest BCUT2D eigenvalue weighted by molar-refractivity contribution is 7.80. The summed E-state index contributed by atoms with van der Waals surface area (Å²) >= 11 is 4.15. The standard InChI is InChI=1S/C10H12O2S/c1-7(10(11)12)6-8-2-4-9(13)5-3-8/h2-5,7,13H,6H2,1H3,(H,11,12). The van der Waals surface area contributed by atoms with Crippen LogP contribution in [0.1, 0.15) is 12.5 Å². The van der Waals surface area contributed by atoms with Crippen LogP contribution in [0.25, 0.3) is 0 Å². The van der Waals surface area contributed by atoms with Crippen molar-refractivity contribution in [2.24, 2.45) is 5.92 Å². The zero-order valence-corrected chi connectivity index (χ0v) is 8.29. The second-order valence-corrected chi connectivity index (χ2v) is 3.63. The molecule has 0 aliphatic heterocycles. The van der Waals surface area contributed by atoms with Crippen LogP contribution in [0.4, 0.5) is 0 Å². The lowest BCUT2D eigenvalue weighted by atomic mass is 10.0. The molecular weight excluding hydrogens is 184 g/mol. The molecule has 70 valence electrons. The summed E-state index contributed by atoms with van der Waals surface area (Å²) in [6.07, 6.45) is 0.573. The maximum Gasteiger partial charge on any atom is 0.306 e. The van der Waals surface area contributed by atoms with Gasteiger partial charge in [0, 0.05) is 4.90 Å². The Morgan fingerprint density at radius 3 is 2.46 bits per heavy atom. The molecular formula is C10H12O2S. The second-order valence-electron chi connectivity index (χ2n) is 3.11. The van der Waals surface area contributed by atoms with Crippen LogP contribution in [0, 0.1) is 5.92 Å².